The van der Waals surface area contributed by atoms with Gasteiger partial charge in [-0.25, -0.2) is 8.78 Å². The Balaban J connectivity index is 3.22. The molecule has 0 N–H and O–H groups in total. The lowest BCUT2D eigenvalue weighted by molar-refractivity contribution is 0.145. The predicted molar refractivity (Wildman–Crippen MR) is 48.2 cm³/mol. The van der Waals surface area contributed by atoms with Crippen molar-refractivity contribution < 1.29 is 8.78 Å². The maximum atomic E-state index is 12.3. The van der Waals surface area contributed by atoms with Crippen LogP contribution in [0.1, 0.15) is 28.9 Å². The van der Waals surface area contributed by atoms with E-state index < -0.39 is 6.43 Å². The third-order valence-corrected chi connectivity index (χ3v) is 2.26. The number of aryl methyl sites for hydroxylation is 1. The average Bonchev–Trinajstić information content (AvgIpc) is 2.09. The summed E-state index contributed by atoms with van der Waals surface area (Å²) in [6, 6.07) is 1.40. The van der Waals surface area contributed by atoms with Crippen LogP contribution in [0.5, 0.6) is 0 Å². The van der Waals surface area contributed by atoms with Gasteiger partial charge in [0, 0.05) is 0 Å². The lowest BCUT2D eigenvalue weighted by Gasteiger charge is -2.08. The number of nitrogens with zero attached hydrogens (tertiary/aromatic N) is 1. The third kappa shape index (κ3) is 2.15. The van der Waals surface area contributed by atoms with Crippen molar-refractivity contribution in [3.05, 3.63) is 28.6 Å². The molecule has 0 radical (unpaired) electrons. The minimum absolute atomic E-state index is 0.174. The van der Waals surface area contributed by atoms with E-state index in [4.69, 9.17) is 11.6 Å². The molecule has 0 unspecified atom stereocenters. The highest BCUT2D eigenvalue weighted by molar-refractivity contribution is 6.17. The van der Waals surface area contributed by atoms with Crippen LogP contribution in [0.2, 0.25) is 0 Å². The van der Waals surface area contributed by atoms with Gasteiger partial charge in [-0.05, 0) is 31.0 Å². The fourth-order valence-corrected chi connectivity index (χ4v) is 1.33. The molecule has 0 saturated heterocycles. The largest absolute Gasteiger partial charge is 0.280 e. The molecule has 0 aromatic carbocycles. The summed E-state index contributed by atoms with van der Waals surface area (Å²) < 4.78 is 24.6. The second-order valence-electron chi connectivity index (χ2n) is 2.87. The second kappa shape index (κ2) is 4.01. The van der Waals surface area contributed by atoms with E-state index in [1.807, 2.05) is 6.92 Å². The summed E-state index contributed by atoms with van der Waals surface area (Å²) in [7, 11) is 0. The zero-order valence-electron chi connectivity index (χ0n) is 7.44. The normalized spacial score (nSPS) is 10.9. The highest BCUT2D eigenvalue weighted by Gasteiger charge is 2.12. The Morgan fingerprint density at radius 2 is 2.08 bits per heavy atom. The molecule has 1 rings (SSSR count). The van der Waals surface area contributed by atoms with Crippen LogP contribution in [0.4, 0.5) is 8.78 Å². The number of hydrogen-bond donors (Lipinski definition) is 0. The molecule has 13 heavy (non-hydrogen) atoms. The molecule has 0 aliphatic carbocycles. The van der Waals surface area contributed by atoms with Crippen LogP contribution in [0.15, 0.2) is 6.07 Å². The van der Waals surface area contributed by atoms with Crippen LogP contribution in [0.25, 0.3) is 0 Å². The first kappa shape index (κ1) is 10.4. The Kier molecular flexibility index (Phi) is 3.20. The Morgan fingerprint density at radius 3 is 2.54 bits per heavy atom. The molecule has 0 aliphatic heterocycles. The summed E-state index contributed by atoms with van der Waals surface area (Å²) in [5.41, 5.74) is 2.04. The van der Waals surface area contributed by atoms with Crippen molar-refractivity contribution in [2.45, 2.75) is 26.2 Å². The van der Waals surface area contributed by atoms with E-state index in [2.05, 4.69) is 4.98 Å². The first-order chi connectivity index (χ1) is 6.06. The van der Waals surface area contributed by atoms with Crippen LogP contribution >= 0.6 is 11.6 Å². The van der Waals surface area contributed by atoms with E-state index in [-0.39, 0.29) is 11.6 Å². The third-order valence-electron chi connectivity index (χ3n) is 2.00. The number of hydrogen-bond acceptors (Lipinski definition) is 1. The van der Waals surface area contributed by atoms with Crippen LogP contribution in [0, 0.1) is 13.8 Å². The van der Waals surface area contributed by atoms with E-state index >= 15 is 0 Å². The molecule has 0 atom stereocenters. The highest BCUT2D eigenvalue weighted by Crippen LogP contribution is 2.21. The second-order valence-corrected chi connectivity index (χ2v) is 3.14. The zero-order valence-corrected chi connectivity index (χ0v) is 8.20. The standard InChI is InChI=1S/C9H10ClF2N/c1-5-3-7(9(11)12)13-8(4-10)6(5)2/h3,9H,4H2,1-2H3. The Morgan fingerprint density at radius 1 is 1.46 bits per heavy atom. The van der Waals surface area contributed by atoms with Gasteiger partial charge in [-0.2, -0.15) is 0 Å². The fourth-order valence-electron chi connectivity index (χ4n) is 1.07. The maximum Gasteiger partial charge on any atom is 0.280 e. The molecular weight excluding hydrogens is 196 g/mol. The van der Waals surface area contributed by atoms with Gasteiger partial charge in [0.05, 0.1) is 11.6 Å². The molecule has 1 aromatic rings. The van der Waals surface area contributed by atoms with Gasteiger partial charge in [-0.1, -0.05) is 0 Å². The molecule has 72 valence electrons. The van der Waals surface area contributed by atoms with E-state index in [1.165, 1.54) is 6.07 Å². The van der Waals surface area contributed by atoms with Crippen molar-refractivity contribution in [1.82, 2.24) is 4.98 Å². The van der Waals surface area contributed by atoms with Crippen molar-refractivity contribution >= 4 is 11.6 Å². The van der Waals surface area contributed by atoms with Gasteiger partial charge in [-0.15, -0.1) is 11.6 Å². The van der Waals surface area contributed by atoms with E-state index in [9.17, 15) is 8.78 Å². The summed E-state index contributed by atoms with van der Waals surface area (Å²) in [6.45, 7) is 3.61. The monoisotopic (exact) mass is 205 g/mol. The summed E-state index contributed by atoms with van der Waals surface area (Å²) in [5, 5.41) is 0. The lowest BCUT2D eigenvalue weighted by Crippen LogP contribution is -1.99. The topological polar surface area (TPSA) is 12.9 Å². The minimum Gasteiger partial charge on any atom is -0.250 e. The first-order valence-electron chi connectivity index (χ1n) is 3.87. The first-order valence-corrected chi connectivity index (χ1v) is 4.41. The van der Waals surface area contributed by atoms with Crippen LogP contribution in [0.3, 0.4) is 0 Å². The van der Waals surface area contributed by atoms with E-state index in [1.54, 1.807) is 6.92 Å². The quantitative estimate of drug-likeness (QED) is 0.675. The molecule has 0 aliphatic rings. The molecule has 0 saturated carbocycles. The minimum atomic E-state index is -2.53. The molecule has 1 aromatic heterocycles. The number of rotatable bonds is 2. The molecule has 1 heterocycles. The Labute approximate surface area is 80.7 Å². The molecule has 0 amide bonds. The predicted octanol–water partition coefficient (Wildman–Crippen LogP) is 3.37. The lowest BCUT2D eigenvalue weighted by atomic mass is 10.1. The van der Waals surface area contributed by atoms with Gasteiger partial charge < -0.3 is 0 Å². The fraction of sp³-hybridized carbons (Fsp3) is 0.444. The SMILES string of the molecule is Cc1cc(C(F)F)nc(CCl)c1C. The van der Waals surface area contributed by atoms with Gasteiger partial charge in [0.1, 0.15) is 5.69 Å². The zero-order chi connectivity index (χ0) is 10.0. The van der Waals surface area contributed by atoms with Gasteiger partial charge >= 0.3 is 0 Å². The van der Waals surface area contributed by atoms with Crippen molar-refractivity contribution in [3.63, 3.8) is 0 Å². The van der Waals surface area contributed by atoms with Crippen molar-refractivity contribution in [1.29, 1.82) is 0 Å². The molecule has 0 bridgehead atoms. The number of alkyl halides is 3. The average molecular weight is 206 g/mol. The summed E-state index contributed by atoms with van der Waals surface area (Å²) in [4.78, 5) is 3.77. The summed E-state index contributed by atoms with van der Waals surface area (Å²) >= 11 is 5.57. The van der Waals surface area contributed by atoms with Crippen LogP contribution < -0.4 is 0 Å². The Hall–Kier alpha value is -0.700. The summed E-state index contributed by atoms with van der Waals surface area (Å²) in [6.07, 6.45) is -2.53. The number of pyridine rings is 1. The molecule has 1 nitrogen and oxygen atoms in total. The Bertz CT molecular complexity index is 313. The molecule has 0 spiro atoms. The highest BCUT2D eigenvalue weighted by atomic mass is 35.5. The van der Waals surface area contributed by atoms with Crippen molar-refractivity contribution in [2.24, 2.45) is 0 Å². The van der Waals surface area contributed by atoms with Crippen molar-refractivity contribution in [2.75, 3.05) is 0 Å². The molecule has 0 fully saturated rings. The van der Waals surface area contributed by atoms with E-state index in [0.29, 0.717) is 5.69 Å². The summed E-state index contributed by atoms with van der Waals surface area (Å²) in [5.74, 6) is 0.174. The van der Waals surface area contributed by atoms with Crippen LogP contribution in [-0.2, 0) is 5.88 Å². The maximum absolute atomic E-state index is 12.3. The van der Waals surface area contributed by atoms with Crippen molar-refractivity contribution in [3.8, 4) is 0 Å². The van der Waals surface area contributed by atoms with Gasteiger partial charge in [0.25, 0.3) is 6.43 Å². The van der Waals surface area contributed by atoms with E-state index in [0.717, 1.165) is 11.1 Å². The molecular formula is C9H10ClF2N. The smallest absolute Gasteiger partial charge is 0.250 e. The number of aromatic nitrogens is 1. The van der Waals surface area contributed by atoms with Gasteiger partial charge in [0.2, 0.25) is 0 Å². The molecule has 4 heteroatoms. The van der Waals surface area contributed by atoms with Crippen LogP contribution in [-0.4, -0.2) is 4.98 Å². The van der Waals surface area contributed by atoms with Gasteiger partial charge in [-0.3, -0.25) is 4.98 Å². The number of halogens is 3. The van der Waals surface area contributed by atoms with Gasteiger partial charge in [0.15, 0.2) is 0 Å².